The van der Waals surface area contributed by atoms with Gasteiger partial charge < -0.3 is 9.47 Å². The van der Waals surface area contributed by atoms with Gasteiger partial charge in [0.1, 0.15) is 0 Å². The number of carbonyl (C=O) groups excluding carboxylic acids is 2. The molecule has 2 aliphatic rings. The molecule has 0 saturated heterocycles. The van der Waals surface area contributed by atoms with Gasteiger partial charge in [-0.3, -0.25) is 0 Å². The van der Waals surface area contributed by atoms with Gasteiger partial charge in [0, 0.05) is 0 Å². The van der Waals surface area contributed by atoms with E-state index in [1.54, 1.807) is 0 Å². The van der Waals surface area contributed by atoms with Crippen molar-refractivity contribution in [3.05, 3.63) is 11.1 Å². The Morgan fingerprint density at radius 1 is 0.692 bits per heavy atom. The summed E-state index contributed by atoms with van der Waals surface area (Å²) in [6.07, 6.45) is 8.35. The second-order valence-corrected chi connectivity index (χ2v) is 8.77. The molecule has 0 bridgehead atoms. The van der Waals surface area contributed by atoms with Crippen molar-refractivity contribution in [3.8, 4) is 0 Å². The summed E-state index contributed by atoms with van der Waals surface area (Å²) in [5.41, 5.74) is 1.28. The quantitative estimate of drug-likeness (QED) is 0.446. The second-order valence-electron chi connectivity index (χ2n) is 8.77. The molecule has 2 fully saturated rings. The monoisotopic (exact) mass is 364 g/mol. The van der Waals surface area contributed by atoms with E-state index in [1.165, 1.54) is 0 Å². The summed E-state index contributed by atoms with van der Waals surface area (Å²) < 4.78 is 11.2. The van der Waals surface area contributed by atoms with Gasteiger partial charge in [0.25, 0.3) is 0 Å². The molecule has 4 nitrogen and oxygen atoms in total. The summed E-state index contributed by atoms with van der Waals surface area (Å²) in [5.74, 6) is 0.301. The number of rotatable bonds is 8. The smallest absolute Gasteiger partial charge is 0.334 e. The minimum Gasteiger partial charge on any atom is -0.462 e. The molecule has 0 radical (unpaired) electrons. The van der Waals surface area contributed by atoms with E-state index in [-0.39, 0.29) is 35.6 Å². The van der Waals surface area contributed by atoms with Gasteiger partial charge in [0.2, 0.25) is 0 Å². The molecule has 2 aliphatic carbocycles. The van der Waals surface area contributed by atoms with Crippen LogP contribution in [-0.2, 0) is 19.1 Å². The van der Waals surface area contributed by atoms with E-state index in [9.17, 15) is 9.59 Å². The fourth-order valence-electron chi connectivity index (χ4n) is 4.06. The van der Waals surface area contributed by atoms with Crippen molar-refractivity contribution in [2.24, 2.45) is 23.7 Å². The third kappa shape index (κ3) is 5.85. The van der Waals surface area contributed by atoms with Gasteiger partial charge >= 0.3 is 11.9 Å². The molecule has 0 aromatic heterocycles. The lowest BCUT2D eigenvalue weighted by atomic mass is 9.85. The number of ether oxygens (including phenoxy) is 2. The van der Waals surface area contributed by atoms with Crippen molar-refractivity contribution >= 4 is 11.9 Å². The number of carbonyl (C=O) groups is 2. The first kappa shape index (κ1) is 21.0. The lowest BCUT2D eigenvalue weighted by Crippen LogP contribution is -2.26. The van der Waals surface area contributed by atoms with Crippen molar-refractivity contribution < 1.29 is 19.1 Å². The Balaban J connectivity index is 2.35. The van der Waals surface area contributed by atoms with Crippen LogP contribution in [0.3, 0.4) is 0 Å². The molecule has 0 amide bonds. The minimum atomic E-state index is -0.283. The Morgan fingerprint density at radius 3 is 1.27 bits per heavy atom. The molecule has 2 saturated carbocycles. The number of hydrogen-bond donors (Lipinski definition) is 0. The van der Waals surface area contributed by atoms with Crippen LogP contribution in [0.5, 0.6) is 0 Å². The van der Waals surface area contributed by atoms with E-state index in [4.69, 9.17) is 9.47 Å². The molecule has 26 heavy (non-hydrogen) atoms. The minimum absolute atomic E-state index is 0.150. The van der Waals surface area contributed by atoms with Crippen LogP contribution in [0.15, 0.2) is 11.1 Å². The first-order valence-corrected chi connectivity index (χ1v) is 10.5. The van der Waals surface area contributed by atoms with Gasteiger partial charge in [-0.05, 0) is 49.4 Å². The van der Waals surface area contributed by atoms with Crippen LogP contribution in [0.4, 0.5) is 0 Å². The van der Waals surface area contributed by atoms with Gasteiger partial charge in [0.15, 0.2) is 0 Å². The highest BCUT2D eigenvalue weighted by atomic mass is 16.5. The van der Waals surface area contributed by atoms with Crippen molar-refractivity contribution in [3.63, 3.8) is 0 Å². The first-order chi connectivity index (χ1) is 12.4. The van der Waals surface area contributed by atoms with Gasteiger partial charge in [-0.25, -0.2) is 9.59 Å². The lowest BCUT2D eigenvalue weighted by Gasteiger charge is -2.23. The van der Waals surface area contributed by atoms with Crippen LogP contribution in [0.25, 0.3) is 0 Å². The Bertz CT molecular complexity index is 460. The maximum atomic E-state index is 13.0. The van der Waals surface area contributed by atoms with Crippen LogP contribution >= 0.6 is 0 Å². The third-order valence-electron chi connectivity index (χ3n) is 5.35. The zero-order valence-corrected chi connectivity index (χ0v) is 17.0. The normalized spacial score (nSPS) is 19.9. The van der Waals surface area contributed by atoms with E-state index in [0.29, 0.717) is 24.4 Å². The lowest BCUT2D eigenvalue weighted by molar-refractivity contribution is -0.144. The highest BCUT2D eigenvalue weighted by molar-refractivity contribution is 6.01. The van der Waals surface area contributed by atoms with Gasteiger partial charge in [-0.15, -0.1) is 0 Å². The number of hydrogen-bond acceptors (Lipinski definition) is 4. The van der Waals surface area contributed by atoms with E-state index >= 15 is 0 Å². The summed E-state index contributed by atoms with van der Waals surface area (Å²) >= 11 is 0. The van der Waals surface area contributed by atoms with Crippen molar-refractivity contribution in [2.45, 2.75) is 79.1 Å². The van der Waals surface area contributed by atoms with Crippen LogP contribution in [0, 0.1) is 23.7 Å². The van der Waals surface area contributed by atoms with Gasteiger partial charge in [0.05, 0.1) is 24.4 Å². The molecule has 148 valence electrons. The second kappa shape index (κ2) is 10.1. The van der Waals surface area contributed by atoms with Gasteiger partial charge in [-0.1, -0.05) is 53.4 Å². The third-order valence-corrected chi connectivity index (χ3v) is 5.35. The molecule has 0 aliphatic heterocycles. The fourth-order valence-corrected chi connectivity index (χ4v) is 4.06. The van der Waals surface area contributed by atoms with Crippen LogP contribution < -0.4 is 0 Å². The average molecular weight is 365 g/mol. The zero-order chi connectivity index (χ0) is 19.1. The zero-order valence-electron chi connectivity index (χ0n) is 17.0. The first-order valence-electron chi connectivity index (χ1n) is 10.5. The van der Waals surface area contributed by atoms with E-state index < -0.39 is 0 Å². The standard InChI is InChI=1S/C22H36O4/c1-15(2)13-25-21(23)19(17-9-5-6-10-17)20(18-11-7-8-12-18)22(24)26-14-16(3)4/h15-18H,5-14H2,1-4H3. The molecule has 0 aromatic rings. The summed E-state index contributed by atoms with van der Waals surface area (Å²) in [7, 11) is 0. The highest BCUT2D eigenvalue weighted by Gasteiger charge is 2.36. The largest absolute Gasteiger partial charge is 0.462 e. The summed E-state index contributed by atoms with van der Waals surface area (Å²) in [6.45, 7) is 8.91. The van der Waals surface area contributed by atoms with E-state index in [1.807, 2.05) is 27.7 Å². The molecule has 0 unspecified atom stereocenters. The summed E-state index contributed by atoms with van der Waals surface area (Å²) in [4.78, 5) is 26.0. The average Bonchev–Trinajstić information content (AvgIpc) is 3.28. The molecule has 0 aromatic carbocycles. The topological polar surface area (TPSA) is 52.6 Å². The van der Waals surface area contributed by atoms with E-state index in [0.717, 1.165) is 51.4 Å². The predicted octanol–water partition coefficient (Wildman–Crippen LogP) is 5.06. The molecule has 0 N–H and O–H groups in total. The molecule has 0 atom stereocenters. The Morgan fingerprint density at radius 2 is 1.00 bits per heavy atom. The molecular formula is C22H36O4. The molecule has 4 heteroatoms. The maximum Gasteiger partial charge on any atom is 0.334 e. The molecule has 0 heterocycles. The van der Waals surface area contributed by atoms with Crippen molar-refractivity contribution in [1.82, 2.24) is 0 Å². The maximum absolute atomic E-state index is 13.0. The van der Waals surface area contributed by atoms with Crippen LogP contribution in [0.1, 0.15) is 79.1 Å². The van der Waals surface area contributed by atoms with Crippen LogP contribution in [-0.4, -0.2) is 25.2 Å². The SMILES string of the molecule is CC(C)COC(=O)C(=C(C(=O)OCC(C)C)C1CCCC1)C1CCCC1. The Hall–Kier alpha value is -1.32. The van der Waals surface area contributed by atoms with Crippen molar-refractivity contribution in [2.75, 3.05) is 13.2 Å². The number of esters is 2. The van der Waals surface area contributed by atoms with E-state index in [2.05, 4.69) is 0 Å². The van der Waals surface area contributed by atoms with Crippen molar-refractivity contribution in [1.29, 1.82) is 0 Å². The molecule has 0 spiro atoms. The predicted molar refractivity (Wildman–Crippen MR) is 103 cm³/mol. The highest BCUT2D eigenvalue weighted by Crippen LogP contribution is 2.40. The Labute approximate surface area is 158 Å². The fraction of sp³-hybridized carbons (Fsp3) is 0.818. The summed E-state index contributed by atoms with van der Waals surface area (Å²) in [5, 5.41) is 0. The molecule has 2 rings (SSSR count). The molecular weight excluding hydrogens is 328 g/mol. The van der Waals surface area contributed by atoms with Crippen LogP contribution in [0.2, 0.25) is 0 Å². The summed E-state index contributed by atoms with van der Waals surface area (Å²) in [6, 6.07) is 0. The van der Waals surface area contributed by atoms with Gasteiger partial charge in [-0.2, -0.15) is 0 Å². The Kier molecular flexibility index (Phi) is 8.17.